The SMILES string of the molecule is COCCNS(=O)c1ccc(Nc2nn(C3CCCCC3)c3cc[nH]c(=O)c23)cc1. The van der Waals surface area contributed by atoms with Crippen LogP contribution in [0.1, 0.15) is 38.1 Å². The van der Waals surface area contributed by atoms with Gasteiger partial charge in [-0.2, -0.15) is 5.10 Å². The van der Waals surface area contributed by atoms with Gasteiger partial charge in [0.25, 0.3) is 5.56 Å². The number of benzene rings is 1. The van der Waals surface area contributed by atoms with Crippen molar-refractivity contribution >= 4 is 33.4 Å². The minimum absolute atomic E-state index is 0.155. The summed E-state index contributed by atoms with van der Waals surface area (Å²) in [6, 6.07) is 9.51. The maximum Gasteiger partial charge on any atom is 0.261 e. The van der Waals surface area contributed by atoms with E-state index in [1.807, 2.05) is 22.9 Å². The maximum absolute atomic E-state index is 12.5. The van der Waals surface area contributed by atoms with Crippen molar-refractivity contribution in [2.24, 2.45) is 0 Å². The summed E-state index contributed by atoms with van der Waals surface area (Å²) in [4.78, 5) is 16.0. The molecule has 30 heavy (non-hydrogen) atoms. The van der Waals surface area contributed by atoms with E-state index in [9.17, 15) is 9.00 Å². The number of nitrogens with one attached hydrogen (secondary N) is 3. The van der Waals surface area contributed by atoms with Gasteiger partial charge >= 0.3 is 0 Å². The summed E-state index contributed by atoms with van der Waals surface area (Å²) in [5.41, 5.74) is 1.48. The van der Waals surface area contributed by atoms with Crippen LogP contribution in [0, 0.1) is 0 Å². The second kappa shape index (κ2) is 9.55. The molecule has 1 aliphatic rings. The summed E-state index contributed by atoms with van der Waals surface area (Å²) in [6.07, 6.45) is 7.48. The topological polar surface area (TPSA) is 101 Å². The fourth-order valence-electron chi connectivity index (χ4n) is 3.91. The van der Waals surface area contributed by atoms with Crippen LogP contribution in [0.3, 0.4) is 0 Å². The maximum atomic E-state index is 12.5. The summed E-state index contributed by atoms with van der Waals surface area (Å²) in [7, 11) is 0.309. The van der Waals surface area contributed by atoms with Crippen molar-refractivity contribution in [3.63, 3.8) is 0 Å². The summed E-state index contributed by atoms with van der Waals surface area (Å²) < 4.78 is 22.1. The highest BCUT2D eigenvalue weighted by Crippen LogP contribution is 2.32. The van der Waals surface area contributed by atoms with Crippen LogP contribution in [0.2, 0.25) is 0 Å². The third-order valence-corrected chi connectivity index (χ3v) is 6.59. The molecule has 1 saturated carbocycles. The molecule has 3 N–H and O–H groups in total. The van der Waals surface area contributed by atoms with Gasteiger partial charge in [0.2, 0.25) is 0 Å². The Hall–Kier alpha value is -2.49. The van der Waals surface area contributed by atoms with Gasteiger partial charge in [-0.15, -0.1) is 0 Å². The Labute approximate surface area is 177 Å². The first-order valence-electron chi connectivity index (χ1n) is 10.3. The van der Waals surface area contributed by atoms with Crippen molar-refractivity contribution in [1.29, 1.82) is 0 Å². The number of nitrogens with zero attached hydrogens (tertiary/aromatic N) is 2. The third kappa shape index (κ3) is 4.48. The largest absolute Gasteiger partial charge is 0.383 e. The number of aromatic amines is 1. The molecule has 1 aliphatic carbocycles. The molecule has 3 aromatic rings. The lowest BCUT2D eigenvalue weighted by atomic mass is 9.95. The van der Waals surface area contributed by atoms with Gasteiger partial charge in [0.15, 0.2) is 5.82 Å². The molecule has 1 aromatic carbocycles. The van der Waals surface area contributed by atoms with E-state index in [1.54, 1.807) is 25.4 Å². The van der Waals surface area contributed by atoms with Crippen molar-refractivity contribution in [2.45, 2.75) is 43.0 Å². The van der Waals surface area contributed by atoms with Gasteiger partial charge in [-0.3, -0.25) is 9.48 Å². The number of pyridine rings is 1. The highest BCUT2D eigenvalue weighted by Gasteiger charge is 2.22. The van der Waals surface area contributed by atoms with E-state index >= 15 is 0 Å². The van der Waals surface area contributed by atoms with E-state index < -0.39 is 11.0 Å². The van der Waals surface area contributed by atoms with Crippen molar-refractivity contribution in [1.82, 2.24) is 19.5 Å². The molecule has 0 aliphatic heterocycles. The smallest absolute Gasteiger partial charge is 0.261 e. The summed E-state index contributed by atoms with van der Waals surface area (Å²) in [5.74, 6) is 0.546. The van der Waals surface area contributed by atoms with E-state index in [-0.39, 0.29) is 5.56 Å². The zero-order valence-corrected chi connectivity index (χ0v) is 17.8. The number of ether oxygens (including phenoxy) is 1. The Morgan fingerprint density at radius 2 is 1.97 bits per heavy atom. The fraction of sp³-hybridized carbons (Fsp3) is 0.429. The number of methoxy groups -OCH3 is 1. The Morgan fingerprint density at radius 1 is 1.20 bits per heavy atom. The lowest BCUT2D eigenvalue weighted by Crippen LogP contribution is -2.21. The fourth-order valence-corrected chi connectivity index (χ4v) is 4.73. The first kappa shape index (κ1) is 20.8. The van der Waals surface area contributed by atoms with Gasteiger partial charge in [-0.1, -0.05) is 19.3 Å². The molecular formula is C21H27N5O3S. The molecule has 2 aromatic heterocycles. The van der Waals surface area contributed by atoms with E-state index in [4.69, 9.17) is 9.84 Å². The number of aromatic nitrogens is 3. The van der Waals surface area contributed by atoms with Gasteiger partial charge in [0.1, 0.15) is 16.4 Å². The highest BCUT2D eigenvalue weighted by atomic mass is 32.2. The average Bonchev–Trinajstić information content (AvgIpc) is 3.14. The number of hydrogen-bond donors (Lipinski definition) is 3. The molecule has 1 fully saturated rings. The molecular weight excluding hydrogens is 402 g/mol. The molecule has 160 valence electrons. The zero-order valence-electron chi connectivity index (χ0n) is 17.0. The molecule has 0 bridgehead atoms. The minimum atomic E-state index is -1.30. The summed E-state index contributed by atoms with van der Waals surface area (Å²) >= 11 is 0. The molecule has 4 rings (SSSR count). The Kier molecular flexibility index (Phi) is 6.61. The Balaban J connectivity index is 1.58. The Bertz CT molecular complexity index is 1070. The molecule has 9 heteroatoms. The van der Waals surface area contributed by atoms with Crippen LogP contribution in [0.5, 0.6) is 0 Å². The van der Waals surface area contributed by atoms with Crippen molar-refractivity contribution in [2.75, 3.05) is 25.6 Å². The van der Waals surface area contributed by atoms with Crippen LogP contribution in [0.4, 0.5) is 11.5 Å². The number of H-pyrrole nitrogens is 1. The van der Waals surface area contributed by atoms with Crippen LogP contribution in [0.25, 0.3) is 10.9 Å². The number of rotatable bonds is 8. The van der Waals surface area contributed by atoms with Crippen molar-refractivity contribution in [3.05, 3.63) is 46.9 Å². The number of hydrogen-bond acceptors (Lipinski definition) is 5. The van der Waals surface area contributed by atoms with E-state index in [1.165, 1.54) is 19.3 Å². The first-order chi connectivity index (χ1) is 14.7. The normalized spacial score (nSPS) is 16.0. The molecule has 0 radical (unpaired) electrons. The first-order valence-corrected chi connectivity index (χ1v) is 11.4. The zero-order chi connectivity index (χ0) is 20.9. The minimum Gasteiger partial charge on any atom is -0.383 e. The molecule has 0 amide bonds. The molecule has 2 heterocycles. The summed E-state index contributed by atoms with van der Waals surface area (Å²) in [5, 5.41) is 8.62. The standard InChI is InChI=1S/C21H27N5O3S/c1-29-14-13-23-30(28)17-9-7-15(8-10-17)24-20-19-18(11-12-22-21(19)27)26(25-20)16-5-3-2-4-6-16/h7-12,16,23H,2-6,13-14H2,1H3,(H,22,27)(H,24,25). The van der Waals surface area contributed by atoms with Crippen LogP contribution >= 0.6 is 0 Å². The van der Waals surface area contributed by atoms with Crippen LogP contribution in [-0.4, -0.2) is 39.2 Å². The molecule has 0 saturated heterocycles. The predicted octanol–water partition coefficient (Wildman–Crippen LogP) is 3.23. The Morgan fingerprint density at radius 3 is 2.70 bits per heavy atom. The molecule has 0 spiro atoms. The van der Waals surface area contributed by atoms with Crippen molar-refractivity contribution < 1.29 is 8.95 Å². The van der Waals surface area contributed by atoms with Gasteiger partial charge in [0.05, 0.1) is 23.1 Å². The quantitative estimate of drug-likeness (QED) is 0.477. The monoisotopic (exact) mass is 429 g/mol. The molecule has 1 atom stereocenters. The summed E-state index contributed by atoms with van der Waals surface area (Å²) in [6.45, 7) is 1.01. The second-order valence-electron chi connectivity index (χ2n) is 7.46. The van der Waals surface area contributed by atoms with Crippen LogP contribution < -0.4 is 15.6 Å². The lowest BCUT2D eigenvalue weighted by Gasteiger charge is -2.22. The number of anilines is 2. The van der Waals surface area contributed by atoms with Crippen molar-refractivity contribution in [3.8, 4) is 0 Å². The van der Waals surface area contributed by atoms with Gasteiger partial charge in [0, 0.05) is 25.5 Å². The van der Waals surface area contributed by atoms with Crippen LogP contribution in [0.15, 0.2) is 46.2 Å². The third-order valence-electron chi connectivity index (χ3n) is 5.42. The van der Waals surface area contributed by atoms with Gasteiger partial charge < -0.3 is 15.0 Å². The second-order valence-corrected chi connectivity index (χ2v) is 8.75. The molecule has 1 unspecified atom stereocenters. The van der Waals surface area contributed by atoms with Gasteiger partial charge in [-0.05, 0) is 43.2 Å². The van der Waals surface area contributed by atoms with E-state index in [0.29, 0.717) is 35.3 Å². The highest BCUT2D eigenvalue weighted by molar-refractivity contribution is 7.83. The predicted molar refractivity (Wildman–Crippen MR) is 118 cm³/mol. The van der Waals surface area contributed by atoms with E-state index in [0.717, 1.165) is 24.0 Å². The molecule has 8 nitrogen and oxygen atoms in total. The van der Waals surface area contributed by atoms with E-state index in [2.05, 4.69) is 15.0 Å². The van der Waals surface area contributed by atoms with Gasteiger partial charge in [-0.25, -0.2) is 8.93 Å². The lowest BCUT2D eigenvalue weighted by molar-refractivity contribution is 0.205. The average molecular weight is 430 g/mol. The number of fused-ring (bicyclic) bond motifs is 1. The van der Waals surface area contributed by atoms with Crippen LogP contribution in [-0.2, 0) is 15.7 Å².